The smallest absolute Gasteiger partial charge is 0.162 e. The molecule has 4 nitrogen and oxygen atoms in total. The molecule has 1 aliphatic rings. The molecule has 3 aromatic rings. The van der Waals surface area contributed by atoms with Gasteiger partial charge in [-0.25, -0.2) is 13.2 Å². The standard InChI is InChI=1S/C28H28F3NO3/c29-22-9-3-19(4-10-22)26(33)2-1-16-32-17-15-28(35,21-7-13-24(31)14-8-21)25(18-32)27(34)20-5-11-23(30)12-6-20/h3-14,25,27,34-35H,1-2,15-18H2. The molecule has 35 heavy (non-hydrogen) atoms. The second-order valence-corrected chi connectivity index (χ2v) is 9.12. The highest BCUT2D eigenvalue weighted by atomic mass is 19.1. The van der Waals surface area contributed by atoms with Crippen LogP contribution in [0.15, 0.2) is 72.8 Å². The molecular formula is C28H28F3NO3. The fraction of sp³-hybridized carbons (Fsp3) is 0.321. The maximum Gasteiger partial charge on any atom is 0.162 e. The number of hydrogen-bond acceptors (Lipinski definition) is 4. The Bertz CT molecular complexity index is 1140. The number of Topliss-reactive ketones (excluding diaryl/α,β-unsaturated/α-hetero) is 1. The minimum absolute atomic E-state index is 0.0762. The minimum atomic E-state index is -1.41. The van der Waals surface area contributed by atoms with Gasteiger partial charge >= 0.3 is 0 Å². The number of likely N-dealkylation sites (tertiary alicyclic amines) is 1. The molecule has 0 bridgehead atoms. The van der Waals surface area contributed by atoms with E-state index in [1.807, 2.05) is 0 Å². The van der Waals surface area contributed by atoms with Crippen molar-refractivity contribution >= 4 is 5.78 Å². The van der Waals surface area contributed by atoms with Gasteiger partial charge in [0.25, 0.3) is 0 Å². The van der Waals surface area contributed by atoms with Crippen LogP contribution in [0.4, 0.5) is 13.2 Å². The minimum Gasteiger partial charge on any atom is -0.388 e. The van der Waals surface area contributed by atoms with Crippen LogP contribution in [0.2, 0.25) is 0 Å². The number of carbonyl (C=O) groups excluding carboxylic acids is 1. The molecule has 1 saturated heterocycles. The highest BCUT2D eigenvalue weighted by Crippen LogP contribution is 2.44. The Morgan fingerprint density at radius 2 is 1.46 bits per heavy atom. The van der Waals surface area contributed by atoms with E-state index in [1.54, 1.807) is 0 Å². The number of halogens is 3. The fourth-order valence-corrected chi connectivity index (χ4v) is 4.83. The number of piperidine rings is 1. The molecule has 3 atom stereocenters. The van der Waals surface area contributed by atoms with Crippen molar-refractivity contribution in [1.29, 1.82) is 0 Å². The summed E-state index contributed by atoms with van der Waals surface area (Å²) in [6, 6.07) is 16.6. The zero-order chi connectivity index (χ0) is 25.0. The number of aliphatic hydroxyl groups is 2. The maximum atomic E-state index is 13.5. The van der Waals surface area contributed by atoms with Crippen LogP contribution in [0.25, 0.3) is 0 Å². The average molecular weight is 484 g/mol. The second kappa shape index (κ2) is 10.7. The molecule has 0 amide bonds. The van der Waals surface area contributed by atoms with E-state index in [4.69, 9.17) is 0 Å². The molecule has 1 heterocycles. The summed E-state index contributed by atoms with van der Waals surface area (Å²) in [6.45, 7) is 1.42. The molecule has 7 heteroatoms. The number of carbonyl (C=O) groups is 1. The Balaban J connectivity index is 1.48. The van der Waals surface area contributed by atoms with Gasteiger partial charge in [-0.05, 0) is 79.0 Å². The summed E-state index contributed by atoms with van der Waals surface area (Å²) < 4.78 is 40.1. The summed E-state index contributed by atoms with van der Waals surface area (Å²) in [4.78, 5) is 14.5. The Hall–Kier alpha value is -3.00. The summed E-state index contributed by atoms with van der Waals surface area (Å²) in [6.07, 6.45) is 0.0578. The Kier molecular flexibility index (Phi) is 7.69. The van der Waals surface area contributed by atoms with Crippen LogP contribution in [-0.4, -0.2) is 40.5 Å². The quantitative estimate of drug-likeness (QED) is 0.442. The predicted octanol–water partition coefficient (Wildman–Crippen LogP) is 5.01. The summed E-state index contributed by atoms with van der Waals surface area (Å²) in [5.41, 5.74) is 0.0314. The first-order valence-corrected chi connectivity index (χ1v) is 11.7. The van der Waals surface area contributed by atoms with Gasteiger partial charge in [-0.15, -0.1) is 0 Å². The summed E-state index contributed by atoms with van der Waals surface area (Å²) in [7, 11) is 0. The van der Waals surface area contributed by atoms with Crippen LogP contribution in [-0.2, 0) is 5.60 Å². The molecule has 184 valence electrons. The SMILES string of the molecule is O=C(CCCN1CCC(O)(c2ccc(F)cc2)C(C(O)c2ccc(F)cc2)C1)c1ccc(F)cc1. The van der Waals surface area contributed by atoms with Crippen molar-refractivity contribution in [2.75, 3.05) is 19.6 Å². The predicted molar refractivity (Wildman–Crippen MR) is 126 cm³/mol. The molecule has 0 saturated carbocycles. The first kappa shape index (κ1) is 25.1. The lowest BCUT2D eigenvalue weighted by molar-refractivity contribution is -0.122. The zero-order valence-electron chi connectivity index (χ0n) is 19.2. The third kappa shape index (κ3) is 5.81. The van der Waals surface area contributed by atoms with Gasteiger partial charge in [0, 0.05) is 31.0 Å². The van der Waals surface area contributed by atoms with Crippen molar-refractivity contribution in [2.24, 2.45) is 5.92 Å². The van der Waals surface area contributed by atoms with Gasteiger partial charge in [0.2, 0.25) is 0 Å². The van der Waals surface area contributed by atoms with Crippen LogP contribution >= 0.6 is 0 Å². The topological polar surface area (TPSA) is 60.8 Å². The van der Waals surface area contributed by atoms with Crippen molar-refractivity contribution in [3.63, 3.8) is 0 Å². The highest BCUT2D eigenvalue weighted by Gasteiger charge is 2.46. The molecule has 4 rings (SSSR count). The van der Waals surface area contributed by atoms with E-state index in [2.05, 4.69) is 4.90 Å². The van der Waals surface area contributed by atoms with Gasteiger partial charge in [0.1, 0.15) is 17.5 Å². The van der Waals surface area contributed by atoms with E-state index in [0.717, 1.165) is 0 Å². The number of benzene rings is 3. The van der Waals surface area contributed by atoms with E-state index >= 15 is 0 Å². The fourth-order valence-electron chi connectivity index (χ4n) is 4.83. The molecule has 0 radical (unpaired) electrons. The van der Waals surface area contributed by atoms with Crippen LogP contribution in [0.3, 0.4) is 0 Å². The van der Waals surface area contributed by atoms with Crippen LogP contribution in [0.5, 0.6) is 0 Å². The summed E-state index contributed by atoms with van der Waals surface area (Å²) in [5, 5.41) is 22.9. The van der Waals surface area contributed by atoms with Crippen LogP contribution in [0, 0.1) is 23.4 Å². The monoisotopic (exact) mass is 483 g/mol. The van der Waals surface area contributed by atoms with E-state index in [9.17, 15) is 28.2 Å². The van der Waals surface area contributed by atoms with Gasteiger partial charge in [-0.2, -0.15) is 0 Å². The van der Waals surface area contributed by atoms with E-state index < -0.39 is 35.1 Å². The van der Waals surface area contributed by atoms with Gasteiger partial charge in [-0.3, -0.25) is 4.79 Å². The van der Waals surface area contributed by atoms with Gasteiger partial charge in [0.15, 0.2) is 5.78 Å². The first-order valence-electron chi connectivity index (χ1n) is 11.7. The molecular weight excluding hydrogens is 455 g/mol. The largest absolute Gasteiger partial charge is 0.388 e. The van der Waals surface area contributed by atoms with Crippen molar-refractivity contribution in [3.8, 4) is 0 Å². The van der Waals surface area contributed by atoms with Crippen LogP contribution in [0.1, 0.15) is 46.9 Å². The average Bonchev–Trinajstić information content (AvgIpc) is 2.86. The number of ketones is 1. The van der Waals surface area contributed by atoms with Gasteiger partial charge in [0.05, 0.1) is 11.7 Å². The first-order chi connectivity index (χ1) is 16.8. The lowest BCUT2D eigenvalue weighted by atomic mass is 9.72. The Morgan fingerprint density at radius 3 is 2.06 bits per heavy atom. The summed E-state index contributed by atoms with van der Waals surface area (Å²) in [5.74, 6) is -1.98. The van der Waals surface area contributed by atoms with E-state index in [1.165, 1.54) is 72.8 Å². The Labute approximate surface area is 202 Å². The molecule has 0 aliphatic carbocycles. The van der Waals surface area contributed by atoms with Crippen molar-refractivity contribution in [2.45, 2.75) is 31.0 Å². The summed E-state index contributed by atoms with van der Waals surface area (Å²) >= 11 is 0. The molecule has 1 fully saturated rings. The lowest BCUT2D eigenvalue weighted by Crippen LogP contribution is -2.52. The molecule has 3 aromatic carbocycles. The van der Waals surface area contributed by atoms with Gasteiger partial charge < -0.3 is 15.1 Å². The lowest BCUT2D eigenvalue weighted by Gasteiger charge is -2.47. The third-order valence-corrected chi connectivity index (χ3v) is 6.86. The van der Waals surface area contributed by atoms with Crippen molar-refractivity contribution in [3.05, 3.63) is 107 Å². The molecule has 0 spiro atoms. The van der Waals surface area contributed by atoms with E-state index in [-0.39, 0.29) is 12.2 Å². The van der Waals surface area contributed by atoms with E-state index in [0.29, 0.717) is 49.2 Å². The zero-order valence-corrected chi connectivity index (χ0v) is 19.2. The molecule has 1 aliphatic heterocycles. The van der Waals surface area contributed by atoms with Crippen LogP contribution < -0.4 is 0 Å². The number of rotatable bonds is 8. The van der Waals surface area contributed by atoms with Gasteiger partial charge in [-0.1, -0.05) is 24.3 Å². The second-order valence-electron chi connectivity index (χ2n) is 9.12. The van der Waals surface area contributed by atoms with Crippen molar-refractivity contribution in [1.82, 2.24) is 4.90 Å². The molecule has 2 N–H and O–H groups in total. The normalized spacial score (nSPS) is 21.6. The highest BCUT2D eigenvalue weighted by molar-refractivity contribution is 5.95. The third-order valence-electron chi connectivity index (χ3n) is 6.86. The Morgan fingerprint density at radius 1 is 0.914 bits per heavy atom. The number of aliphatic hydroxyl groups excluding tert-OH is 1. The number of nitrogens with zero attached hydrogens (tertiary/aromatic N) is 1. The maximum absolute atomic E-state index is 13.5. The molecule has 0 aromatic heterocycles. The number of hydrogen-bond donors (Lipinski definition) is 2. The molecule has 3 unspecified atom stereocenters. The van der Waals surface area contributed by atoms with Crippen molar-refractivity contribution < 1.29 is 28.2 Å².